The van der Waals surface area contributed by atoms with E-state index in [-0.39, 0.29) is 5.60 Å². The number of rotatable bonds is 3. The van der Waals surface area contributed by atoms with E-state index in [1.165, 1.54) is 24.4 Å². The summed E-state index contributed by atoms with van der Waals surface area (Å²) in [5, 5.41) is 3.89. The molecular formula is C11H19N3OS. The number of aromatic nitrogens is 2. The Kier molecular flexibility index (Phi) is 3.44. The van der Waals surface area contributed by atoms with Crippen molar-refractivity contribution in [1.82, 2.24) is 9.36 Å². The van der Waals surface area contributed by atoms with Gasteiger partial charge in [0.15, 0.2) is 5.82 Å². The number of methoxy groups -OCH3 is 1. The first-order chi connectivity index (χ1) is 7.70. The Hall–Kier alpha value is -0.680. The zero-order chi connectivity index (χ0) is 11.6. The smallest absolute Gasteiger partial charge is 0.202 e. The molecule has 1 saturated carbocycles. The summed E-state index contributed by atoms with van der Waals surface area (Å²) in [6.07, 6.45) is 4.55. The molecule has 1 N–H and O–H groups in total. The van der Waals surface area contributed by atoms with E-state index in [1.54, 1.807) is 7.11 Å². The van der Waals surface area contributed by atoms with Crippen LogP contribution in [0.1, 0.15) is 38.4 Å². The molecule has 4 nitrogen and oxygen atoms in total. The van der Waals surface area contributed by atoms with Gasteiger partial charge < -0.3 is 10.1 Å². The van der Waals surface area contributed by atoms with E-state index in [2.05, 4.69) is 21.6 Å². The van der Waals surface area contributed by atoms with Crippen molar-refractivity contribution in [2.75, 3.05) is 19.5 Å². The Balaban J connectivity index is 2.25. The van der Waals surface area contributed by atoms with E-state index in [0.29, 0.717) is 5.92 Å². The number of anilines is 1. The van der Waals surface area contributed by atoms with Crippen molar-refractivity contribution in [3.63, 3.8) is 0 Å². The molecule has 0 spiro atoms. The molecule has 0 aliphatic heterocycles. The zero-order valence-electron chi connectivity index (χ0n) is 10.1. The van der Waals surface area contributed by atoms with E-state index >= 15 is 0 Å². The average molecular weight is 241 g/mol. The summed E-state index contributed by atoms with van der Waals surface area (Å²) in [6, 6.07) is 0. The summed E-state index contributed by atoms with van der Waals surface area (Å²) in [4.78, 5) is 4.50. The molecule has 0 saturated heterocycles. The van der Waals surface area contributed by atoms with Crippen molar-refractivity contribution in [2.24, 2.45) is 5.92 Å². The first kappa shape index (κ1) is 11.8. The van der Waals surface area contributed by atoms with Crippen molar-refractivity contribution in [1.29, 1.82) is 0 Å². The highest BCUT2D eigenvalue weighted by atomic mass is 32.1. The fourth-order valence-corrected chi connectivity index (χ4v) is 3.09. The zero-order valence-corrected chi connectivity index (χ0v) is 10.9. The molecule has 0 bridgehead atoms. The lowest BCUT2D eigenvalue weighted by atomic mass is 9.78. The van der Waals surface area contributed by atoms with Gasteiger partial charge in [0.05, 0.1) is 0 Å². The number of hydrogen-bond acceptors (Lipinski definition) is 5. The summed E-state index contributed by atoms with van der Waals surface area (Å²) in [6.45, 7) is 2.28. The van der Waals surface area contributed by atoms with E-state index < -0.39 is 0 Å². The molecule has 1 fully saturated rings. The van der Waals surface area contributed by atoms with Crippen LogP contribution in [-0.2, 0) is 10.3 Å². The van der Waals surface area contributed by atoms with Crippen LogP contribution in [0.3, 0.4) is 0 Å². The molecular weight excluding hydrogens is 222 g/mol. The molecule has 0 aromatic carbocycles. The third-order valence-electron chi connectivity index (χ3n) is 3.39. The molecule has 1 aromatic heterocycles. The second-order valence-electron chi connectivity index (χ2n) is 4.57. The largest absolute Gasteiger partial charge is 0.370 e. The minimum Gasteiger partial charge on any atom is -0.370 e. The van der Waals surface area contributed by atoms with Gasteiger partial charge in [0.25, 0.3) is 0 Å². The van der Waals surface area contributed by atoms with Crippen LogP contribution in [0.25, 0.3) is 0 Å². The van der Waals surface area contributed by atoms with Crippen molar-refractivity contribution >= 4 is 16.7 Å². The normalized spacial score (nSPS) is 30.3. The van der Waals surface area contributed by atoms with E-state index in [0.717, 1.165) is 23.8 Å². The second-order valence-corrected chi connectivity index (χ2v) is 5.32. The molecule has 5 heteroatoms. The van der Waals surface area contributed by atoms with Gasteiger partial charge >= 0.3 is 0 Å². The van der Waals surface area contributed by atoms with Crippen molar-refractivity contribution in [2.45, 2.75) is 38.2 Å². The molecule has 2 unspecified atom stereocenters. The number of ether oxygens (including phenoxy) is 1. The fourth-order valence-electron chi connectivity index (χ4n) is 2.49. The third-order valence-corrected chi connectivity index (χ3v) is 4.13. The molecule has 16 heavy (non-hydrogen) atoms. The van der Waals surface area contributed by atoms with Crippen LogP contribution in [0.15, 0.2) is 0 Å². The molecule has 0 radical (unpaired) electrons. The van der Waals surface area contributed by atoms with Crippen LogP contribution in [0.2, 0.25) is 0 Å². The van der Waals surface area contributed by atoms with Gasteiger partial charge in [-0.15, -0.1) is 0 Å². The number of hydrogen-bond donors (Lipinski definition) is 1. The van der Waals surface area contributed by atoms with Gasteiger partial charge in [0.2, 0.25) is 5.13 Å². The Labute approximate surface area is 101 Å². The first-order valence-electron chi connectivity index (χ1n) is 5.77. The summed E-state index contributed by atoms with van der Waals surface area (Å²) in [5.41, 5.74) is -0.247. The highest BCUT2D eigenvalue weighted by molar-refractivity contribution is 7.09. The van der Waals surface area contributed by atoms with Crippen LogP contribution in [0.4, 0.5) is 5.13 Å². The fraction of sp³-hybridized carbons (Fsp3) is 0.818. The lowest BCUT2D eigenvalue weighted by Crippen LogP contribution is -2.35. The third kappa shape index (κ3) is 2.06. The monoisotopic (exact) mass is 241 g/mol. The summed E-state index contributed by atoms with van der Waals surface area (Å²) < 4.78 is 10.2. The molecule has 1 aliphatic carbocycles. The van der Waals surface area contributed by atoms with Gasteiger partial charge in [0.1, 0.15) is 5.60 Å². The highest BCUT2D eigenvalue weighted by Gasteiger charge is 2.40. The topological polar surface area (TPSA) is 47.0 Å². The molecule has 1 aliphatic rings. The lowest BCUT2D eigenvalue weighted by molar-refractivity contribution is -0.0637. The van der Waals surface area contributed by atoms with E-state index in [4.69, 9.17) is 4.74 Å². The van der Waals surface area contributed by atoms with Crippen LogP contribution in [0.5, 0.6) is 0 Å². The number of nitrogens with zero attached hydrogens (tertiary/aromatic N) is 2. The standard InChI is InChI=1S/C11H19N3OS/c1-8-5-4-6-11(7-8,15-3)9-13-10(12-2)16-14-9/h8H,4-7H2,1-3H3,(H,12,13,14). The highest BCUT2D eigenvalue weighted by Crippen LogP contribution is 2.41. The maximum atomic E-state index is 5.75. The molecule has 1 aromatic rings. The summed E-state index contributed by atoms with van der Waals surface area (Å²) >= 11 is 1.41. The Morgan fingerprint density at radius 3 is 2.94 bits per heavy atom. The van der Waals surface area contributed by atoms with Gasteiger partial charge in [-0.3, -0.25) is 0 Å². The summed E-state index contributed by atoms with van der Waals surface area (Å²) in [7, 11) is 3.64. The summed E-state index contributed by atoms with van der Waals surface area (Å²) in [5.74, 6) is 1.55. The minimum atomic E-state index is -0.247. The van der Waals surface area contributed by atoms with Crippen LogP contribution < -0.4 is 5.32 Å². The Morgan fingerprint density at radius 1 is 1.56 bits per heavy atom. The Bertz CT molecular complexity index is 355. The average Bonchev–Trinajstić information content (AvgIpc) is 2.78. The lowest BCUT2D eigenvalue weighted by Gasteiger charge is -2.36. The van der Waals surface area contributed by atoms with E-state index in [1.807, 2.05) is 7.05 Å². The predicted molar refractivity (Wildman–Crippen MR) is 65.8 cm³/mol. The molecule has 2 rings (SSSR count). The van der Waals surface area contributed by atoms with Gasteiger partial charge in [-0.2, -0.15) is 4.37 Å². The number of nitrogens with one attached hydrogen (secondary N) is 1. The van der Waals surface area contributed by atoms with Gasteiger partial charge in [-0.05, 0) is 25.2 Å². The SMILES string of the molecule is CNc1nc(C2(OC)CCCC(C)C2)ns1. The van der Waals surface area contributed by atoms with Gasteiger partial charge in [0, 0.05) is 25.7 Å². The second kappa shape index (κ2) is 4.67. The maximum absolute atomic E-state index is 5.75. The van der Waals surface area contributed by atoms with Gasteiger partial charge in [-0.25, -0.2) is 4.98 Å². The van der Waals surface area contributed by atoms with Crippen LogP contribution in [-0.4, -0.2) is 23.5 Å². The van der Waals surface area contributed by atoms with Crippen LogP contribution >= 0.6 is 11.5 Å². The minimum absolute atomic E-state index is 0.247. The van der Waals surface area contributed by atoms with Crippen molar-refractivity contribution < 1.29 is 4.74 Å². The van der Waals surface area contributed by atoms with Gasteiger partial charge in [-0.1, -0.05) is 13.3 Å². The first-order valence-corrected chi connectivity index (χ1v) is 6.54. The quantitative estimate of drug-likeness (QED) is 0.883. The molecule has 2 atom stereocenters. The van der Waals surface area contributed by atoms with Crippen molar-refractivity contribution in [3.05, 3.63) is 5.82 Å². The van der Waals surface area contributed by atoms with Crippen LogP contribution in [0, 0.1) is 5.92 Å². The molecule has 0 amide bonds. The maximum Gasteiger partial charge on any atom is 0.202 e. The molecule has 1 heterocycles. The Morgan fingerprint density at radius 2 is 2.38 bits per heavy atom. The predicted octanol–water partition coefficient (Wildman–Crippen LogP) is 2.63. The van der Waals surface area contributed by atoms with Crippen molar-refractivity contribution in [3.8, 4) is 0 Å². The van der Waals surface area contributed by atoms with E-state index in [9.17, 15) is 0 Å². The molecule has 90 valence electrons.